The zero-order chi connectivity index (χ0) is 34.1. The zero-order valence-electron chi connectivity index (χ0n) is 28.6. The highest BCUT2D eigenvalue weighted by Crippen LogP contribution is 2.32. The van der Waals surface area contributed by atoms with Gasteiger partial charge in [0.1, 0.15) is 12.1 Å². The quantitative estimate of drug-likeness (QED) is 0.215. The molecule has 8 nitrogen and oxygen atoms in total. The van der Waals surface area contributed by atoms with Crippen molar-refractivity contribution in [2.24, 2.45) is 5.73 Å². The smallest absolute Gasteiger partial charge is 0.246 e. The number of carbonyl (C=O) groups excluding carboxylic acids is 3. The first-order chi connectivity index (χ1) is 23.1. The molecule has 3 amide bonds. The normalized spacial score (nSPS) is 18.6. The monoisotopic (exact) mass is 669 g/mol. The van der Waals surface area contributed by atoms with Crippen LogP contribution in [0.15, 0.2) is 84.3 Å². The molecule has 48 heavy (non-hydrogen) atoms. The van der Waals surface area contributed by atoms with Crippen molar-refractivity contribution in [2.75, 3.05) is 34.2 Å². The molecule has 1 aliphatic carbocycles. The molecule has 0 bridgehead atoms. The van der Waals surface area contributed by atoms with Crippen molar-refractivity contribution in [1.82, 2.24) is 20.0 Å². The first kappa shape index (κ1) is 35.5. The molecule has 1 aliphatic heterocycles. The van der Waals surface area contributed by atoms with Crippen molar-refractivity contribution < 1.29 is 14.4 Å². The van der Waals surface area contributed by atoms with Crippen LogP contribution in [-0.4, -0.2) is 90.3 Å². The number of likely N-dealkylation sites (tertiary alicyclic amines) is 1. The molecular weight excluding hydrogens is 619 g/mol. The lowest BCUT2D eigenvalue weighted by molar-refractivity contribution is -0.146. The SMILES string of the molecule is CN1CCCC1CCNC(=O)[C@@H](Cc1cccs1)N(C)C(=O)[C@@H](Cc1ccc(-c2ccccc2)cc1)N(C)C(=O)C=CCC1(N)CCC1. The van der Waals surface area contributed by atoms with Crippen molar-refractivity contribution in [3.8, 4) is 11.1 Å². The number of amides is 3. The number of likely N-dealkylation sites (N-methyl/N-ethyl adjacent to an activating group) is 2. The first-order valence-electron chi connectivity index (χ1n) is 17.3. The van der Waals surface area contributed by atoms with E-state index in [2.05, 4.69) is 29.4 Å². The molecule has 2 aromatic carbocycles. The minimum absolute atomic E-state index is 0.173. The minimum Gasteiger partial charge on any atom is -0.354 e. The van der Waals surface area contributed by atoms with E-state index in [1.165, 1.54) is 11.3 Å². The van der Waals surface area contributed by atoms with Crippen LogP contribution in [0.25, 0.3) is 11.1 Å². The molecule has 2 fully saturated rings. The molecule has 9 heteroatoms. The second kappa shape index (κ2) is 16.5. The maximum Gasteiger partial charge on any atom is 0.246 e. The number of hydrogen-bond donors (Lipinski definition) is 2. The van der Waals surface area contributed by atoms with Gasteiger partial charge in [-0.1, -0.05) is 66.7 Å². The third-order valence-corrected chi connectivity index (χ3v) is 11.2. The lowest BCUT2D eigenvalue weighted by atomic mass is 9.75. The fraction of sp³-hybridized carbons (Fsp3) is 0.462. The predicted molar refractivity (Wildman–Crippen MR) is 195 cm³/mol. The number of nitrogens with one attached hydrogen (secondary N) is 1. The Morgan fingerprint density at radius 2 is 1.69 bits per heavy atom. The minimum atomic E-state index is -0.809. The maximum absolute atomic E-state index is 14.5. The fourth-order valence-corrected chi connectivity index (χ4v) is 7.56. The molecule has 1 unspecified atom stereocenters. The first-order valence-corrected chi connectivity index (χ1v) is 18.1. The van der Waals surface area contributed by atoms with Crippen molar-refractivity contribution >= 4 is 29.1 Å². The molecule has 2 aliphatic rings. The lowest BCUT2D eigenvalue weighted by Gasteiger charge is -2.37. The molecule has 0 spiro atoms. The zero-order valence-corrected chi connectivity index (χ0v) is 29.5. The van der Waals surface area contributed by atoms with Crippen LogP contribution < -0.4 is 11.1 Å². The summed E-state index contributed by atoms with van der Waals surface area (Å²) in [5, 5.41) is 5.12. The molecule has 5 rings (SSSR count). The van der Waals surface area contributed by atoms with Crippen molar-refractivity contribution in [3.05, 3.63) is 94.7 Å². The second-order valence-corrected chi connectivity index (χ2v) is 14.7. The average molecular weight is 670 g/mol. The Labute approximate surface area is 290 Å². The molecule has 3 aromatic rings. The molecule has 0 radical (unpaired) electrons. The summed E-state index contributed by atoms with van der Waals surface area (Å²) in [5.74, 6) is -0.702. The third kappa shape index (κ3) is 9.21. The summed E-state index contributed by atoms with van der Waals surface area (Å²) in [6.07, 6.45) is 11.0. The largest absolute Gasteiger partial charge is 0.354 e. The summed E-state index contributed by atoms with van der Waals surface area (Å²) in [6.45, 7) is 1.64. The fourth-order valence-electron chi connectivity index (χ4n) is 6.81. The summed E-state index contributed by atoms with van der Waals surface area (Å²) in [4.78, 5) is 48.2. The summed E-state index contributed by atoms with van der Waals surface area (Å²) >= 11 is 1.57. The average Bonchev–Trinajstić information content (AvgIpc) is 3.76. The van der Waals surface area contributed by atoms with Gasteiger partial charge in [-0.25, -0.2) is 0 Å². The van der Waals surface area contributed by atoms with Gasteiger partial charge in [0.25, 0.3) is 0 Å². The van der Waals surface area contributed by atoms with Crippen LogP contribution in [0.5, 0.6) is 0 Å². The highest BCUT2D eigenvalue weighted by atomic mass is 32.1. The van der Waals surface area contributed by atoms with E-state index in [1.54, 1.807) is 36.4 Å². The number of rotatable bonds is 15. The Kier molecular flexibility index (Phi) is 12.2. The van der Waals surface area contributed by atoms with Crippen molar-refractivity contribution in [2.45, 2.75) is 81.5 Å². The molecule has 3 atom stereocenters. The van der Waals surface area contributed by atoms with E-state index in [9.17, 15) is 14.4 Å². The topological polar surface area (TPSA) is 99.0 Å². The van der Waals surface area contributed by atoms with Gasteiger partial charge in [-0.3, -0.25) is 14.4 Å². The van der Waals surface area contributed by atoms with Crippen LogP contribution in [0, 0.1) is 0 Å². The van der Waals surface area contributed by atoms with Crippen LogP contribution in [0.1, 0.15) is 55.4 Å². The van der Waals surface area contributed by atoms with Gasteiger partial charge >= 0.3 is 0 Å². The molecule has 3 N–H and O–H groups in total. The van der Waals surface area contributed by atoms with E-state index in [1.807, 2.05) is 66.1 Å². The van der Waals surface area contributed by atoms with E-state index in [0.29, 0.717) is 31.8 Å². The van der Waals surface area contributed by atoms with Gasteiger partial charge in [-0.05, 0) is 92.8 Å². The van der Waals surface area contributed by atoms with E-state index in [4.69, 9.17) is 5.73 Å². The lowest BCUT2D eigenvalue weighted by Crippen LogP contribution is -2.56. The molecular formula is C39H51N5O3S. The number of nitrogens with two attached hydrogens (primary N) is 1. The van der Waals surface area contributed by atoms with Gasteiger partial charge in [0.2, 0.25) is 17.7 Å². The van der Waals surface area contributed by atoms with E-state index in [0.717, 1.165) is 60.2 Å². The van der Waals surface area contributed by atoms with Crippen molar-refractivity contribution in [3.63, 3.8) is 0 Å². The van der Waals surface area contributed by atoms with E-state index in [-0.39, 0.29) is 23.3 Å². The third-order valence-electron chi connectivity index (χ3n) is 10.3. The summed E-state index contributed by atoms with van der Waals surface area (Å²) in [5.41, 5.74) is 9.27. The Morgan fingerprint density at radius 3 is 2.31 bits per heavy atom. The second-order valence-electron chi connectivity index (χ2n) is 13.7. The molecule has 1 saturated heterocycles. The summed E-state index contributed by atoms with van der Waals surface area (Å²) in [6, 6.07) is 21.2. The molecule has 1 aromatic heterocycles. The van der Waals surface area contributed by atoms with Crippen LogP contribution in [0.4, 0.5) is 0 Å². The van der Waals surface area contributed by atoms with Gasteiger partial charge in [-0.15, -0.1) is 11.3 Å². The Morgan fingerprint density at radius 1 is 0.958 bits per heavy atom. The Hall–Kier alpha value is -3.79. The highest BCUT2D eigenvalue weighted by molar-refractivity contribution is 7.09. The predicted octanol–water partition coefficient (Wildman–Crippen LogP) is 5.28. The van der Waals surface area contributed by atoms with Gasteiger partial charge in [0.05, 0.1) is 0 Å². The van der Waals surface area contributed by atoms with Crippen LogP contribution in [0.2, 0.25) is 0 Å². The standard InChI is InChI=1S/C39H51N5O3S/c1-42-25-8-13-32(42)20-24-41-37(46)34(28-33-14-9-26-48-33)44(3)38(47)35(43(2)36(45)15-7-21-39(40)22-10-23-39)27-29-16-18-31(19-17-29)30-11-5-4-6-12-30/h4-7,9,11-12,14-19,26,32,34-35H,8,10,13,20-25,27-28,40H2,1-3H3,(H,41,46)/t32?,34-,35-/m1/s1. The molecule has 256 valence electrons. The maximum atomic E-state index is 14.5. The van der Waals surface area contributed by atoms with E-state index >= 15 is 0 Å². The Bertz CT molecular complexity index is 1520. The number of carbonyl (C=O) groups is 3. The summed E-state index contributed by atoms with van der Waals surface area (Å²) < 4.78 is 0. The van der Waals surface area contributed by atoms with Gasteiger partial charge < -0.3 is 25.8 Å². The number of thiophene rings is 1. The number of hydrogen-bond acceptors (Lipinski definition) is 6. The van der Waals surface area contributed by atoms with Gasteiger partial charge in [0, 0.05) is 49.9 Å². The molecule has 1 saturated carbocycles. The Balaban J connectivity index is 1.35. The van der Waals surface area contributed by atoms with E-state index < -0.39 is 12.1 Å². The van der Waals surface area contributed by atoms with Gasteiger partial charge in [-0.2, -0.15) is 0 Å². The van der Waals surface area contributed by atoms with Crippen LogP contribution in [-0.2, 0) is 27.2 Å². The van der Waals surface area contributed by atoms with Crippen LogP contribution >= 0.6 is 11.3 Å². The van der Waals surface area contributed by atoms with Crippen molar-refractivity contribution in [1.29, 1.82) is 0 Å². The van der Waals surface area contributed by atoms with Crippen LogP contribution in [0.3, 0.4) is 0 Å². The molecule has 2 heterocycles. The number of benzene rings is 2. The van der Waals surface area contributed by atoms with Gasteiger partial charge in [0.15, 0.2) is 0 Å². The number of nitrogens with zero attached hydrogens (tertiary/aromatic N) is 3. The summed E-state index contributed by atoms with van der Waals surface area (Å²) in [7, 11) is 5.50. The highest BCUT2D eigenvalue weighted by Gasteiger charge is 2.35.